The number of nitrogens with zero attached hydrogens (tertiary/aromatic N) is 4. The molecule has 4 heterocycles. The summed E-state index contributed by atoms with van der Waals surface area (Å²) in [6, 6.07) is 6.93. The molecule has 0 bridgehead atoms. The monoisotopic (exact) mass is 590 g/mol. The average molecular weight is 592 g/mol. The largest absolute Gasteiger partial charge is 0.453 e. The van der Waals surface area contributed by atoms with Gasteiger partial charge in [0.1, 0.15) is 35.0 Å². The van der Waals surface area contributed by atoms with Gasteiger partial charge in [0.15, 0.2) is 21.2 Å². The molecule has 2 aromatic rings. The maximum Gasteiger partial charge on any atom is 0.258 e. The van der Waals surface area contributed by atoms with E-state index in [0.29, 0.717) is 22.9 Å². The lowest BCUT2D eigenvalue weighted by molar-refractivity contribution is -0.145. The van der Waals surface area contributed by atoms with Crippen LogP contribution in [-0.2, 0) is 19.1 Å². The van der Waals surface area contributed by atoms with Gasteiger partial charge < -0.3 is 24.0 Å². The Morgan fingerprint density at radius 3 is 1.57 bits per heavy atom. The fourth-order valence-electron chi connectivity index (χ4n) is 4.48. The summed E-state index contributed by atoms with van der Waals surface area (Å²) in [5.41, 5.74) is -0.948. The van der Waals surface area contributed by atoms with Crippen LogP contribution in [0.3, 0.4) is 0 Å². The number of alkyl halides is 4. The van der Waals surface area contributed by atoms with Crippen LogP contribution >= 0.6 is 46.4 Å². The fourth-order valence-corrected chi connectivity index (χ4v) is 4.95. The van der Waals surface area contributed by atoms with E-state index in [9.17, 15) is 9.59 Å². The van der Waals surface area contributed by atoms with E-state index in [1.54, 1.807) is 64.4 Å². The summed E-state index contributed by atoms with van der Waals surface area (Å²) in [7, 11) is 0. The van der Waals surface area contributed by atoms with Gasteiger partial charge in [-0.2, -0.15) is 0 Å². The first kappa shape index (κ1) is 28.1. The average Bonchev–Trinajstić information content (AvgIpc) is 3.33. The second-order valence-electron chi connectivity index (χ2n) is 9.48. The molecule has 0 aromatic carbocycles. The van der Waals surface area contributed by atoms with E-state index in [1.807, 2.05) is 0 Å². The summed E-state index contributed by atoms with van der Waals surface area (Å²) in [4.78, 5) is 34.5. The van der Waals surface area contributed by atoms with Gasteiger partial charge in [0, 0.05) is 12.4 Å². The lowest BCUT2D eigenvalue weighted by Crippen LogP contribution is -2.45. The molecule has 0 N–H and O–H groups in total. The highest BCUT2D eigenvalue weighted by Gasteiger charge is 2.47. The Morgan fingerprint density at radius 1 is 0.838 bits per heavy atom. The highest BCUT2D eigenvalue weighted by molar-refractivity contribution is 6.54. The molecule has 2 aromatic heterocycles. The van der Waals surface area contributed by atoms with Gasteiger partial charge in [-0.3, -0.25) is 19.6 Å². The molecule has 37 heavy (non-hydrogen) atoms. The van der Waals surface area contributed by atoms with E-state index in [1.165, 1.54) is 9.80 Å². The van der Waals surface area contributed by atoms with Gasteiger partial charge in [-0.15, -0.1) is 0 Å². The van der Waals surface area contributed by atoms with Crippen molar-refractivity contribution in [3.8, 4) is 11.5 Å². The zero-order valence-corrected chi connectivity index (χ0v) is 23.6. The van der Waals surface area contributed by atoms with E-state index in [2.05, 4.69) is 9.97 Å². The first-order chi connectivity index (χ1) is 17.3. The smallest absolute Gasteiger partial charge is 0.258 e. The third kappa shape index (κ3) is 5.77. The summed E-state index contributed by atoms with van der Waals surface area (Å²) >= 11 is 23.3. The summed E-state index contributed by atoms with van der Waals surface area (Å²) in [5.74, 6) is -0.0983. The fraction of sp³-hybridized carbons (Fsp3) is 0.500. The van der Waals surface area contributed by atoms with Gasteiger partial charge in [0.05, 0.1) is 13.1 Å². The third-order valence-electron chi connectivity index (χ3n) is 6.19. The lowest BCUT2D eigenvalue weighted by atomic mass is 10.2. The number of amides is 2. The van der Waals surface area contributed by atoms with Crippen LogP contribution in [0.1, 0.15) is 51.3 Å². The molecule has 0 saturated carbocycles. The summed E-state index contributed by atoms with van der Waals surface area (Å²) in [6.45, 7) is 7.38. The number of ether oxygens (including phenoxy) is 3. The van der Waals surface area contributed by atoms with E-state index in [0.717, 1.165) is 0 Å². The molecular formula is C24H26Cl4N4O5. The quantitative estimate of drug-likeness (QED) is 0.429. The van der Waals surface area contributed by atoms with Crippen LogP contribution in [0.15, 0.2) is 36.7 Å². The number of carbonyl (C=O) groups excluding carboxylic acids is 2. The SMILES string of the molecule is CC1(C)OC(c2ncccc2Oc2cccnc2C2CN(C(=O)C(Cl)Cl)C(C)(C)O2)CN1C(=O)C(Cl)Cl. The van der Waals surface area contributed by atoms with Crippen LogP contribution in [0.25, 0.3) is 0 Å². The first-order valence-electron chi connectivity index (χ1n) is 11.4. The topological polar surface area (TPSA) is 94.1 Å². The van der Waals surface area contributed by atoms with E-state index >= 15 is 0 Å². The first-order valence-corrected chi connectivity index (χ1v) is 13.2. The van der Waals surface area contributed by atoms with E-state index in [-0.39, 0.29) is 13.1 Å². The van der Waals surface area contributed by atoms with Gasteiger partial charge >= 0.3 is 0 Å². The standard InChI is InChI=1S/C24H26Cl4N4O5/c1-23(2)31(21(33)19(25)26)11-15(36-23)17-13(7-5-9-29-17)35-14-8-6-10-30-18(14)16-12-32(22(34)20(27)28)24(3,4)37-16/h5-10,15-16,19-20H,11-12H2,1-4H3. The van der Waals surface area contributed by atoms with Crippen LogP contribution in [0.2, 0.25) is 0 Å². The van der Waals surface area contributed by atoms with Crippen LogP contribution in [0.4, 0.5) is 0 Å². The zero-order valence-electron chi connectivity index (χ0n) is 20.5. The van der Waals surface area contributed by atoms with Crippen LogP contribution < -0.4 is 4.74 Å². The molecule has 2 aliphatic rings. The molecule has 2 saturated heterocycles. The summed E-state index contributed by atoms with van der Waals surface area (Å²) < 4.78 is 18.6. The van der Waals surface area contributed by atoms with Crippen LogP contribution in [-0.4, -0.2) is 65.8 Å². The van der Waals surface area contributed by atoms with Crippen molar-refractivity contribution in [1.82, 2.24) is 19.8 Å². The highest BCUT2D eigenvalue weighted by Crippen LogP contribution is 2.43. The molecule has 2 atom stereocenters. The van der Waals surface area contributed by atoms with Crippen LogP contribution in [0, 0.1) is 0 Å². The van der Waals surface area contributed by atoms with Gasteiger partial charge in [0.2, 0.25) is 0 Å². The minimum atomic E-state index is -1.21. The van der Waals surface area contributed by atoms with E-state index in [4.69, 9.17) is 60.6 Å². The molecule has 4 rings (SSSR count). The number of rotatable bonds is 6. The molecular weight excluding hydrogens is 566 g/mol. The minimum absolute atomic E-state index is 0.185. The number of hydrogen-bond donors (Lipinski definition) is 0. The van der Waals surface area contributed by atoms with E-state index < -0.39 is 45.1 Å². The molecule has 2 amide bonds. The van der Waals surface area contributed by atoms with Gasteiger partial charge in [-0.1, -0.05) is 46.4 Å². The summed E-state index contributed by atoms with van der Waals surface area (Å²) in [5, 5.41) is 0. The van der Waals surface area contributed by atoms with Crippen molar-refractivity contribution in [3.63, 3.8) is 0 Å². The van der Waals surface area contributed by atoms with Crippen molar-refractivity contribution in [2.24, 2.45) is 0 Å². The molecule has 2 unspecified atom stereocenters. The second-order valence-corrected chi connectivity index (χ2v) is 11.7. The predicted octanol–water partition coefficient (Wildman–Crippen LogP) is 5.15. The third-order valence-corrected chi connectivity index (χ3v) is 6.94. The van der Waals surface area contributed by atoms with Crippen LogP contribution in [0.5, 0.6) is 11.5 Å². The Bertz CT molecular complexity index is 1090. The molecule has 200 valence electrons. The summed E-state index contributed by atoms with van der Waals surface area (Å²) in [6.07, 6.45) is 2.03. The van der Waals surface area contributed by atoms with Crippen molar-refractivity contribution in [2.45, 2.75) is 61.0 Å². The van der Waals surface area contributed by atoms with Crippen molar-refractivity contribution in [2.75, 3.05) is 13.1 Å². The molecule has 0 aliphatic carbocycles. The molecule has 2 aliphatic heterocycles. The second kappa shape index (κ2) is 10.7. The van der Waals surface area contributed by atoms with Gasteiger partial charge in [-0.25, -0.2) is 0 Å². The molecule has 2 fully saturated rings. The lowest BCUT2D eigenvalue weighted by Gasteiger charge is -2.30. The normalized spacial score (nSPS) is 22.6. The molecule has 0 radical (unpaired) electrons. The zero-order chi connectivity index (χ0) is 27.1. The van der Waals surface area contributed by atoms with Crippen molar-refractivity contribution >= 4 is 58.2 Å². The van der Waals surface area contributed by atoms with Crippen molar-refractivity contribution in [3.05, 3.63) is 48.0 Å². The minimum Gasteiger partial charge on any atom is -0.453 e. The van der Waals surface area contributed by atoms with Gasteiger partial charge in [-0.05, 0) is 52.0 Å². The molecule has 9 nitrogen and oxygen atoms in total. The molecule has 0 spiro atoms. The Morgan fingerprint density at radius 2 is 1.22 bits per heavy atom. The number of halogens is 4. The highest BCUT2D eigenvalue weighted by atomic mass is 35.5. The number of carbonyl (C=O) groups is 2. The Labute approximate surface area is 234 Å². The van der Waals surface area contributed by atoms with Crippen molar-refractivity contribution < 1.29 is 23.8 Å². The number of pyridine rings is 2. The number of aromatic nitrogens is 2. The maximum absolute atomic E-state index is 12.5. The Hall–Kier alpha value is -1.88. The Kier molecular flexibility index (Phi) is 8.14. The van der Waals surface area contributed by atoms with Gasteiger partial charge in [0.25, 0.3) is 11.8 Å². The van der Waals surface area contributed by atoms with Crippen molar-refractivity contribution in [1.29, 1.82) is 0 Å². The number of hydrogen-bond acceptors (Lipinski definition) is 7. The molecule has 13 heteroatoms. The predicted molar refractivity (Wildman–Crippen MR) is 139 cm³/mol. The Balaban J connectivity index is 1.61. The maximum atomic E-state index is 12.5.